The van der Waals surface area contributed by atoms with Crippen molar-refractivity contribution in [3.8, 4) is 0 Å². The van der Waals surface area contributed by atoms with Crippen molar-refractivity contribution in [1.29, 1.82) is 0 Å². The van der Waals surface area contributed by atoms with E-state index in [4.69, 9.17) is 9.05 Å². The van der Waals surface area contributed by atoms with Gasteiger partial charge >= 0.3 is 0 Å². The minimum atomic E-state index is -4.57. The van der Waals surface area contributed by atoms with Crippen LogP contribution in [-0.4, -0.2) is 68.5 Å². The average Bonchev–Trinajstić information content (AvgIpc) is 3.33. The van der Waals surface area contributed by atoms with Gasteiger partial charge in [0, 0.05) is 6.42 Å². The zero-order valence-electron chi connectivity index (χ0n) is 48.7. The Bertz CT molecular complexity index is 1120. The number of likely N-dealkylation sites (N-methyl/N-ethyl adjacent to an activating group) is 1. The molecule has 8 nitrogen and oxygen atoms in total. The van der Waals surface area contributed by atoms with Gasteiger partial charge in [0.1, 0.15) is 13.2 Å². The van der Waals surface area contributed by atoms with Crippen LogP contribution in [0.15, 0.2) is 0 Å². The average molecular weight is 1030 g/mol. The molecular formula is C62H127N2O6P. The molecule has 1 amide bonds. The number of hydrogen-bond donors (Lipinski definition) is 2. The summed E-state index contributed by atoms with van der Waals surface area (Å²) in [5.74, 6) is -0.156. The normalized spacial score (nSPS) is 13.7. The first-order valence-corrected chi connectivity index (χ1v) is 33.3. The van der Waals surface area contributed by atoms with Gasteiger partial charge in [-0.3, -0.25) is 9.36 Å². The van der Waals surface area contributed by atoms with Gasteiger partial charge in [-0.15, -0.1) is 0 Å². The highest BCUT2D eigenvalue weighted by atomic mass is 31.2. The number of nitrogens with one attached hydrogen (secondary N) is 1. The monoisotopic (exact) mass is 1030 g/mol. The molecule has 426 valence electrons. The van der Waals surface area contributed by atoms with Gasteiger partial charge in [-0.2, -0.15) is 0 Å². The van der Waals surface area contributed by atoms with Crippen molar-refractivity contribution in [1.82, 2.24) is 5.32 Å². The second-order valence-corrected chi connectivity index (χ2v) is 24.9. The van der Waals surface area contributed by atoms with Gasteiger partial charge in [-0.25, -0.2) is 0 Å². The third-order valence-corrected chi connectivity index (χ3v) is 16.1. The summed E-state index contributed by atoms with van der Waals surface area (Å²) in [6.07, 6.45) is 66.0. The Balaban J connectivity index is 3.87. The van der Waals surface area contributed by atoms with Gasteiger partial charge in [-0.1, -0.05) is 322 Å². The summed E-state index contributed by atoms with van der Waals surface area (Å²) in [6.45, 7) is 4.77. The highest BCUT2D eigenvalue weighted by Crippen LogP contribution is 2.38. The summed E-state index contributed by atoms with van der Waals surface area (Å²) in [5, 5.41) is 14.0. The lowest BCUT2D eigenvalue weighted by atomic mass is 10.0. The summed E-state index contributed by atoms with van der Waals surface area (Å²) in [6, 6.07) is -0.795. The number of carbonyl (C=O) groups is 1. The maximum absolute atomic E-state index is 13.0. The second kappa shape index (κ2) is 54.3. The highest BCUT2D eigenvalue weighted by molar-refractivity contribution is 7.45. The predicted molar refractivity (Wildman–Crippen MR) is 307 cm³/mol. The van der Waals surface area contributed by atoms with Crippen LogP contribution in [0.25, 0.3) is 0 Å². The molecule has 0 radical (unpaired) electrons. The van der Waals surface area contributed by atoms with Crippen molar-refractivity contribution in [2.24, 2.45) is 0 Å². The third kappa shape index (κ3) is 57.1. The van der Waals surface area contributed by atoms with Gasteiger partial charge in [0.25, 0.3) is 7.82 Å². The van der Waals surface area contributed by atoms with Crippen LogP contribution in [0.5, 0.6) is 0 Å². The number of aliphatic hydroxyl groups excluding tert-OH is 1. The largest absolute Gasteiger partial charge is 0.756 e. The molecule has 0 aromatic heterocycles. The zero-order chi connectivity index (χ0) is 52.0. The summed E-state index contributed by atoms with van der Waals surface area (Å²) >= 11 is 0. The van der Waals surface area contributed by atoms with E-state index in [9.17, 15) is 19.4 Å². The number of phosphoric ester groups is 1. The fraction of sp³-hybridized carbons (Fsp3) is 0.984. The van der Waals surface area contributed by atoms with E-state index in [1.54, 1.807) is 0 Å². The summed E-state index contributed by atoms with van der Waals surface area (Å²) in [4.78, 5) is 25.5. The molecule has 0 aliphatic rings. The van der Waals surface area contributed by atoms with E-state index in [1.165, 1.54) is 276 Å². The molecule has 0 aliphatic carbocycles. The van der Waals surface area contributed by atoms with Crippen LogP contribution in [0.2, 0.25) is 0 Å². The molecule has 2 N–H and O–H groups in total. The molecule has 0 spiro atoms. The number of phosphoric acid groups is 1. The van der Waals surface area contributed by atoms with Gasteiger partial charge in [0.05, 0.1) is 39.9 Å². The molecule has 0 saturated heterocycles. The van der Waals surface area contributed by atoms with Crippen molar-refractivity contribution in [2.75, 3.05) is 40.9 Å². The van der Waals surface area contributed by atoms with E-state index >= 15 is 0 Å². The summed E-state index contributed by atoms with van der Waals surface area (Å²) in [7, 11) is 1.33. The Morgan fingerprint density at radius 2 is 0.690 bits per heavy atom. The third-order valence-electron chi connectivity index (χ3n) is 15.1. The van der Waals surface area contributed by atoms with Crippen molar-refractivity contribution in [2.45, 2.75) is 353 Å². The van der Waals surface area contributed by atoms with Crippen LogP contribution in [0.1, 0.15) is 341 Å². The lowest BCUT2D eigenvalue weighted by Gasteiger charge is -2.30. The van der Waals surface area contributed by atoms with Crippen molar-refractivity contribution >= 4 is 13.7 Å². The van der Waals surface area contributed by atoms with Crippen LogP contribution in [0.3, 0.4) is 0 Å². The van der Waals surface area contributed by atoms with E-state index in [-0.39, 0.29) is 19.1 Å². The minimum absolute atomic E-state index is 0.0165. The maximum atomic E-state index is 13.0. The molecule has 3 atom stereocenters. The summed E-state index contributed by atoms with van der Waals surface area (Å²) in [5.41, 5.74) is 0. The predicted octanol–water partition coefficient (Wildman–Crippen LogP) is 19.0. The molecule has 9 heteroatoms. The summed E-state index contributed by atoms with van der Waals surface area (Å²) < 4.78 is 23.4. The molecule has 0 heterocycles. The number of rotatable bonds is 60. The van der Waals surface area contributed by atoms with E-state index < -0.39 is 20.0 Å². The van der Waals surface area contributed by atoms with Crippen LogP contribution >= 0.6 is 7.82 Å². The first-order chi connectivity index (χ1) is 34.5. The number of aliphatic hydroxyl groups is 1. The van der Waals surface area contributed by atoms with Gasteiger partial charge < -0.3 is 28.8 Å². The molecule has 0 aromatic rings. The SMILES string of the molecule is CCCCCCCCCCCCCCCCCCCCCCCCCCCCCCCCCCCCCC(=O)NC(COP(=O)([O-])OCC[N+](C)(C)C)C(O)CCCCCCCCCCCCCCCC. The Labute approximate surface area is 444 Å². The number of nitrogens with zero attached hydrogens (tertiary/aromatic N) is 1. The van der Waals surface area contributed by atoms with Crippen molar-refractivity contribution in [3.05, 3.63) is 0 Å². The number of amides is 1. The first kappa shape index (κ1) is 70.5. The van der Waals surface area contributed by atoms with Crippen LogP contribution in [-0.2, 0) is 18.4 Å². The van der Waals surface area contributed by atoms with E-state index in [1.807, 2.05) is 21.1 Å². The van der Waals surface area contributed by atoms with Crippen LogP contribution in [0.4, 0.5) is 0 Å². The van der Waals surface area contributed by atoms with E-state index in [0.29, 0.717) is 23.9 Å². The molecule has 71 heavy (non-hydrogen) atoms. The standard InChI is InChI=1S/C62H127N2O6P/c1-6-8-10-12-14-16-18-20-22-23-24-25-26-27-28-29-30-31-32-33-34-35-36-37-38-39-40-41-42-44-46-48-50-52-54-56-62(66)63-60(59-70-71(67,68)69-58-57-64(3,4)5)61(65)55-53-51-49-47-45-43-21-19-17-15-13-11-9-7-2/h60-61,65H,6-59H2,1-5H3,(H-,63,66,67,68). The Morgan fingerprint density at radius 3 is 0.958 bits per heavy atom. The topological polar surface area (TPSA) is 108 Å². The smallest absolute Gasteiger partial charge is 0.268 e. The number of carbonyl (C=O) groups excluding carboxylic acids is 1. The van der Waals surface area contributed by atoms with Crippen LogP contribution in [0, 0.1) is 0 Å². The molecule has 0 aliphatic heterocycles. The molecular weight excluding hydrogens is 900 g/mol. The molecule has 3 unspecified atom stereocenters. The lowest BCUT2D eigenvalue weighted by Crippen LogP contribution is -2.46. The minimum Gasteiger partial charge on any atom is -0.756 e. The molecule has 0 rings (SSSR count). The molecule has 0 saturated carbocycles. The quantitative estimate of drug-likeness (QED) is 0.0357. The fourth-order valence-corrected chi connectivity index (χ4v) is 10.8. The van der Waals surface area contributed by atoms with Crippen molar-refractivity contribution in [3.63, 3.8) is 0 Å². The number of unbranched alkanes of at least 4 members (excludes halogenated alkanes) is 47. The molecule has 0 bridgehead atoms. The van der Waals surface area contributed by atoms with Crippen molar-refractivity contribution < 1.29 is 32.9 Å². The Morgan fingerprint density at radius 1 is 0.437 bits per heavy atom. The van der Waals surface area contributed by atoms with Crippen LogP contribution < -0.4 is 10.2 Å². The van der Waals surface area contributed by atoms with E-state index in [2.05, 4.69) is 19.2 Å². The molecule has 0 fully saturated rings. The second-order valence-electron chi connectivity index (χ2n) is 23.5. The fourth-order valence-electron chi connectivity index (χ4n) is 10.1. The highest BCUT2D eigenvalue weighted by Gasteiger charge is 2.24. The van der Waals surface area contributed by atoms with Gasteiger partial charge in [0.2, 0.25) is 5.91 Å². The Kier molecular flexibility index (Phi) is 53.9. The number of hydrogen-bond acceptors (Lipinski definition) is 6. The zero-order valence-corrected chi connectivity index (χ0v) is 49.6. The van der Waals surface area contributed by atoms with E-state index in [0.717, 1.165) is 38.5 Å². The number of quaternary nitrogens is 1. The Hall–Kier alpha value is -0.500. The lowest BCUT2D eigenvalue weighted by molar-refractivity contribution is -0.870. The maximum Gasteiger partial charge on any atom is 0.268 e. The molecule has 0 aromatic carbocycles. The first-order valence-electron chi connectivity index (χ1n) is 31.9. The van der Waals surface area contributed by atoms with Gasteiger partial charge in [-0.05, 0) is 12.8 Å². The van der Waals surface area contributed by atoms with Gasteiger partial charge in [0.15, 0.2) is 0 Å².